The van der Waals surface area contributed by atoms with E-state index in [1.807, 2.05) is 64.6 Å². The maximum absolute atomic E-state index is 12.3. The van der Waals surface area contributed by atoms with Crippen molar-refractivity contribution in [3.05, 3.63) is 84.1 Å². The fourth-order valence-electron chi connectivity index (χ4n) is 3.08. The lowest BCUT2D eigenvalue weighted by atomic mass is 10.2. The summed E-state index contributed by atoms with van der Waals surface area (Å²) in [7, 11) is 0. The van der Waals surface area contributed by atoms with Crippen LogP contribution in [0.25, 0.3) is 11.2 Å². The molecule has 0 unspecified atom stereocenters. The van der Waals surface area contributed by atoms with Gasteiger partial charge in [-0.1, -0.05) is 6.07 Å². The van der Waals surface area contributed by atoms with E-state index in [2.05, 4.69) is 15.3 Å². The molecule has 0 fully saturated rings. The maximum atomic E-state index is 12.3. The average molecular weight is 390 g/mol. The average Bonchev–Trinajstić information content (AvgIpc) is 3.28. The third kappa shape index (κ3) is 4.04. The first kappa shape index (κ1) is 18.5. The number of nitrogens with zero attached hydrogens (tertiary/aromatic N) is 5. The number of imidazole rings is 2. The molecule has 0 bridgehead atoms. The van der Waals surface area contributed by atoms with Crippen LogP contribution < -0.4 is 16.9 Å². The summed E-state index contributed by atoms with van der Waals surface area (Å²) in [5.41, 5.74) is 10.3. The zero-order valence-electron chi connectivity index (χ0n) is 16.0. The lowest BCUT2D eigenvalue weighted by Crippen LogP contribution is -2.32. The molecule has 9 nitrogen and oxygen atoms in total. The van der Waals surface area contributed by atoms with E-state index in [4.69, 9.17) is 11.6 Å². The van der Waals surface area contributed by atoms with Crippen LogP contribution in [-0.2, 0) is 17.9 Å². The minimum Gasteiger partial charge on any atom is -0.393 e. The van der Waals surface area contributed by atoms with Crippen LogP contribution in [0.5, 0.6) is 0 Å². The van der Waals surface area contributed by atoms with E-state index in [-0.39, 0.29) is 12.2 Å². The van der Waals surface area contributed by atoms with Gasteiger partial charge in [0.05, 0.1) is 36.3 Å². The molecule has 148 valence electrons. The topological polar surface area (TPSA) is 119 Å². The summed E-state index contributed by atoms with van der Waals surface area (Å²) in [4.78, 5) is 21.1. The number of aromatic nitrogens is 4. The van der Waals surface area contributed by atoms with Crippen LogP contribution in [0, 0.1) is 6.92 Å². The first-order valence-corrected chi connectivity index (χ1v) is 9.11. The Morgan fingerprint density at radius 2 is 2.14 bits per heavy atom. The van der Waals surface area contributed by atoms with Crippen molar-refractivity contribution in [1.29, 1.82) is 0 Å². The number of hydrogen-bond donors (Lipinski definition) is 3. The van der Waals surface area contributed by atoms with Gasteiger partial charge >= 0.3 is 0 Å². The fraction of sp³-hybridized carbons (Fsp3) is 0.150. The van der Waals surface area contributed by atoms with E-state index in [1.165, 1.54) is 11.2 Å². The lowest BCUT2D eigenvalue weighted by Gasteiger charge is -2.13. The number of nitrogens with two attached hydrogens (primary N) is 2. The van der Waals surface area contributed by atoms with Crippen molar-refractivity contribution < 1.29 is 4.79 Å². The van der Waals surface area contributed by atoms with Gasteiger partial charge in [-0.25, -0.2) is 15.8 Å². The molecule has 0 saturated heterocycles. The van der Waals surface area contributed by atoms with Gasteiger partial charge in [-0.2, -0.15) is 0 Å². The van der Waals surface area contributed by atoms with Crippen molar-refractivity contribution in [1.82, 2.24) is 29.1 Å². The predicted octanol–water partition coefficient (Wildman–Crippen LogP) is 1.08. The van der Waals surface area contributed by atoms with Gasteiger partial charge in [0.25, 0.3) is 5.91 Å². The fourth-order valence-corrected chi connectivity index (χ4v) is 3.08. The number of carbonyl (C=O) groups excluding carboxylic acids is 1. The summed E-state index contributed by atoms with van der Waals surface area (Å²) in [6.45, 7) is 2.60. The molecule has 0 aliphatic heterocycles. The largest absolute Gasteiger partial charge is 0.393 e. The van der Waals surface area contributed by atoms with Crippen molar-refractivity contribution in [2.45, 2.75) is 20.0 Å². The standard InChI is InChI=1S/C20H22N8O/c1-14-5-7-27-13-24-17(18(27)8-14)9-23-20(29)16(21)12-28(22)11-15-10-26-6-3-2-4-19(26)25-15/h2-8,10,12-13H,9,11,21-22H2,1H3,(H,23,29)/b16-12-. The van der Waals surface area contributed by atoms with E-state index in [0.29, 0.717) is 6.54 Å². The number of nitrogens with one attached hydrogen (secondary N) is 1. The predicted molar refractivity (Wildman–Crippen MR) is 109 cm³/mol. The summed E-state index contributed by atoms with van der Waals surface area (Å²) in [6.07, 6.45) is 8.83. The van der Waals surface area contributed by atoms with Gasteiger partial charge < -0.3 is 24.9 Å². The summed E-state index contributed by atoms with van der Waals surface area (Å²) in [6, 6.07) is 9.76. The molecule has 9 heteroatoms. The number of amides is 1. The molecule has 0 spiro atoms. The molecular weight excluding hydrogens is 368 g/mol. The van der Waals surface area contributed by atoms with Crippen LogP contribution in [0.1, 0.15) is 17.0 Å². The highest BCUT2D eigenvalue weighted by Gasteiger charge is 2.11. The Morgan fingerprint density at radius 3 is 2.97 bits per heavy atom. The van der Waals surface area contributed by atoms with Crippen molar-refractivity contribution in [3.8, 4) is 0 Å². The zero-order valence-corrected chi connectivity index (χ0v) is 16.0. The van der Waals surface area contributed by atoms with Gasteiger partial charge in [0.1, 0.15) is 11.3 Å². The monoisotopic (exact) mass is 390 g/mol. The highest BCUT2D eigenvalue weighted by atomic mass is 16.2. The lowest BCUT2D eigenvalue weighted by molar-refractivity contribution is -0.117. The van der Waals surface area contributed by atoms with Gasteiger partial charge in [-0.3, -0.25) is 4.79 Å². The van der Waals surface area contributed by atoms with Crippen molar-refractivity contribution in [3.63, 3.8) is 0 Å². The molecule has 29 heavy (non-hydrogen) atoms. The van der Waals surface area contributed by atoms with Crippen molar-refractivity contribution in [2.24, 2.45) is 11.6 Å². The highest BCUT2D eigenvalue weighted by Crippen LogP contribution is 2.11. The molecule has 4 aromatic heterocycles. The normalized spacial score (nSPS) is 11.9. The first-order chi connectivity index (χ1) is 14.0. The molecule has 0 aliphatic rings. The smallest absolute Gasteiger partial charge is 0.269 e. The molecule has 0 radical (unpaired) electrons. The Labute approximate surface area is 167 Å². The van der Waals surface area contributed by atoms with E-state index in [9.17, 15) is 4.79 Å². The molecule has 0 aliphatic carbocycles. The van der Waals surface area contributed by atoms with Crippen molar-refractivity contribution in [2.75, 3.05) is 0 Å². The minimum absolute atomic E-state index is 0.0101. The number of rotatable bonds is 6. The molecule has 0 aromatic carbocycles. The van der Waals surface area contributed by atoms with Gasteiger partial charge in [0, 0.05) is 24.8 Å². The Morgan fingerprint density at radius 1 is 1.28 bits per heavy atom. The van der Waals surface area contributed by atoms with Crippen LogP contribution in [0.3, 0.4) is 0 Å². The summed E-state index contributed by atoms with van der Waals surface area (Å²) in [5, 5.41) is 4.12. The summed E-state index contributed by atoms with van der Waals surface area (Å²) in [5.74, 6) is 5.57. The Hall–Kier alpha value is -3.85. The first-order valence-electron chi connectivity index (χ1n) is 9.11. The SMILES string of the molecule is Cc1ccn2cnc(CNC(=O)/C(N)=C/N(N)Cc3cn4ccccc4n3)c2c1. The molecule has 4 aromatic rings. The van der Waals surface area contributed by atoms with E-state index in [0.717, 1.165) is 28.1 Å². The number of fused-ring (bicyclic) bond motifs is 2. The molecule has 1 amide bonds. The van der Waals surface area contributed by atoms with E-state index in [1.54, 1.807) is 6.33 Å². The third-order valence-electron chi connectivity index (χ3n) is 4.52. The van der Waals surface area contributed by atoms with Crippen LogP contribution in [0.15, 0.2) is 67.1 Å². The van der Waals surface area contributed by atoms with Crippen LogP contribution in [0.2, 0.25) is 0 Å². The number of aryl methyl sites for hydroxylation is 1. The Balaban J connectivity index is 1.38. The van der Waals surface area contributed by atoms with Crippen molar-refractivity contribution >= 4 is 17.1 Å². The molecule has 0 atom stereocenters. The quantitative estimate of drug-likeness (QED) is 0.258. The third-order valence-corrected chi connectivity index (χ3v) is 4.52. The molecular formula is C20H22N8O. The molecule has 4 rings (SSSR count). The van der Waals surface area contributed by atoms with E-state index < -0.39 is 5.91 Å². The number of pyridine rings is 2. The zero-order chi connectivity index (χ0) is 20.4. The summed E-state index contributed by atoms with van der Waals surface area (Å²) < 4.78 is 3.81. The van der Waals surface area contributed by atoms with Crippen LogP contribution in [0.4, 0.5) is 0 Å². The van der Waals surface area contributed by atoms with Crippen LogP contribution >= 0.6 is 0 Å². The number of carbonyl (C=O) groups is 1. The maximum Gasteiger partial charge on any atom is 0.269 e. The highest BCUT2D eigenvalue weighted by molar-refractivity contribution is 5.92. The Bertz CT molecular complexity index is 1170. The second-order valence-electron chi connectivity index (χ2n) is 6.83. The molecule has 4 heterocycles. The van der Waals surface area contributed by atoms with Crippen LogP contribution in [-0.4, -0.2) is 29.7 Å². The number of hydrazine groups is 1. The van der Waals surface area contributed by atoms with Gasteiger partial charge in [0.2, 0.25) is 0 Å². The Kier molecular flexibility index (Phi) is 4.88. The van der Waals surface area contributed by atoms with E-state index >= 15 is 0 Å². The van der Waals surface area contributed by atoms with Gasteiger partial charge in [0.15, 0.2) is 0 Å². The van der Waals surface area contributed by atoms with Gasteiger partial charge in [-0.05, 0) is 36.8 Å². The summed E-state index contributed by atoms with van der Waals surface area (Å²) >= 11 is 0. The minimum atomic E-state index is -0.413. The number of hydrogen-bond acceptors (Lipinski definition) is 6. The van der Waals surface area contributed by atoms with Gasteiger partial charge in [-0.15, -0.1) is 0 Å². The molecule has 0 saturated carbocycles. The molecule has 5 N–H and O–H groups in total. The second kappa shape index (κ2) is 7.64. The second-order valence-corrected chi connectivity index (χ2v) is 6.83.